The summed E-state index contributed by atoms with van der Waals surface area (Å²) in [5.74, 6) is 0. The molecule has 3 heteroatoms. The van der Waals surface area contributed by atoms with Crippen LogP contribution in [0.4, 0.5) is 0 Å². The maximum absolute atomic E-state index is 8.79. The molecule has 2 aromatic rings. The summed E-state index contributed by atoms with van der Waals surface area (Å²) in [6.45, 7) is 6.48. The molecule has 0 aliphatic carbocycles. The van der Waals surface area contributed by atoms with Gasteiger partial charge in [0.05, 0.1) is 11.6 Å². The van der Waals surface area contributed by atoms with Crippen molar-refractivity contribution in [3.8, 4) is 6.07 Å². The van der Waals surface area contributed by atoms with Crippen molar-refractivity contribution in [1.29, 1.82) is 5.26 Å². The Balaban J connectivity index is 2.03. The summed E-state index contributed by atoms with van der Waals surface area (Å²) in [6, 6.07) is 14.1. The number of hydrogen-bond acceptors (Lipinski definition) is 3. The number of rotatable bonds is 6. The third-order valence-electron chi connectivity index (χ3n) is 2.84. The topological polar surface area (TPSA) is 27.0 Å². The van der Waals surface area contributed by atoms with Crippen LogP contribution >= 0.6 is 11.3 Å². The Kier molecular flexibility index (Phi) is 4.91. The fraction of sp³-hybridized carbons (Fsp3) is 0.188. The summed E-state index contributed by atoms with van der Waals surface area (Å²) in [4.78, 5) is 3.69. The predicted molar refractivity (Wildman–Crippen MR) is 79.8 cm³/mol. The average Bonchev–Trinajstić information content (AvgIpc) is 2.93. The summed E-state index contributed by atoms with van der Waals surface area (Å²) in [6.07, 6.45) is 1.93. The maximum atomic E-state index is 8.79. The maximum Gasteiger partial charge on any atom is 0.0991 e. The molecule has 96 valence electrons. The van der Waals surface area contributed by atoms with Crippen LogP contribution in [-0.4, -0.2) is 11.4 Å². The monoisotopic (exact) mass is 268 g/mol. The zero-order valence-corrected chi connectivity index (χ0v) is 11.6. The van der Waals surface area contributed by atoms with Gasteiger partial charge in [0.25, 0.3) is 0 Å². The van der Waals surface area contributed by atoms with E-state index in [1.54, 1.807) is 11.3 Å². The molecular weight excluding hydrogens is 252 g/mol. The molecule has 0 N–H and O–H groups in total. The van der Waals surface area contributed by atoms with E-state index in [0.717, 1.165) is 19.6 Å². The summed E-state index contributed by atoms with van der Waals surface area (Å²) in [7, 11) is 0. The second kappa shape index (κ2) is 6.89. The zero-order chi connectivity index (χ0) is 13.5. The normalized spacial score (nSPS) is 10.3. The van der Waals surface area contributed by atoms with E-state index >= 15 is 0 Å². The molecule has 1 aromatic carbocycles. The fourth-order valence-corrected chi connectivity index (χ4v) is 2.68. The first-order valence-electron chi connectivity index (χ1n) is 6.16. The summed E-state index contributed by atoms with van der Waals surface area (Å²) in [5.41, 5.74) is 1.93. The number of nitriles is 1. The van der Waals surface area contributed by atoms with Crippen LogP contribution in [0, 0.1) is 11.3 Å². The number of benzene rings is 1. The Morgan fingerprint density at radius 1 is 1.21 bits per heavy atom. The van der Waals surface area contributed by atoms with Gasteiger partial charge in [-0.1, -0.05) is 24.3 Å². The van der Waals surface area contributed by atoms with Gasteiger partial charge in [-0.15, -0.1) is 17.9 Å². The predicted octanol–water partition coefficient (Wildman–Crippen LogP) is 3.81. The number of thiophene rings is 1. The Morgan fingerprint density at radius 2 is 2.00 bits per heavy atom. The van der Waals surface area contributed by atoms with Crippen LogP contribution in [-0.2, 0) is 13.1 Å². The second-order valence-corrected chi connectivity index (χ2v) is 5.38. The van der Waals surface area contributed by atoms with Crippen LogP contribution in [0.15, 0.2) is 54.4 Å². The lowest BCUT2D eigenvalue weighted by Crippen LogP contribution is -2.22. The van der Waals surface area contributed by atoms with Crippen LogP contribution in [0.3, 0.4) is 0 Å². The molecule has 0 fully saturated rings. The minimum Gasteiger partial charge on any atom is -0.290 e. The molecule has 0 aliphatic heterocycles. The number of nitrogens with zero attached hydrogens (tertiary/aromatic N) is 2. The summed E-state index contributed by atoms with van der Waals surface area (Å²) < 4.78 is 0. The van der Waals surface area contributed by atoms with Crippen molar-refractivity contribution >= 4 is 11.3 Å². The molecule has 2 rings (SSSR count). The molecule has 0 unspecified atom stereocenters. The van der Waals surface area contributed by atoms with Gasteiger partial charge in [0.15, 0.2) is 0 Å². The minimum absolute atomic E-state index is 0.706. The molecule has 0 radical (unpaired) electrons. The lowest BCUT2D eigenvalue weighted by molar-refractivity contribution is 0.289. The quantitative estimate of drug-likeness (QED) is 0.745. The Morgan fingerprint density at radius 3 is 2.58 bits per heavy atom. The van der Waals surface area contributed by atoms with Crippen LogP contribution in [0.5, 0.6) is 0 Å². The Hall–Kier alpha value is -1.89. The van der Waals surface area contributed by atoms with E-state index < -0.39 is 0 Å². The van der Waals surface area contributed by atoms with E-state index in [1.807, 2.05) is 30.3 Å². The highest BCUT2D eigenvalue weighted by Crippen LogP contribution is 2.14. The van der Waals surface area contributed by atoms with E-state index in [4.69, 9.17) is 5.26 Å². The van der Waals surface area contributed by atoms with Crippen molar-refractivity contribution in [1.82, 2.24) is 4.90 Å². The summed E-state index contributed by atoms with van der Waals surface area (Å²) in [5, 5.41) is 10.9. The molecule has 1 aromatic heterocycles. The zero-order valence-electron chi connectivity index (χ0n) is 10.7. The van der Waals surface area contributed by atoms with E-state index in [9.17, 15) is 0 Å². The van der Waals surface area contributed by atoms with E-state index in [0.29, 0.717) is 5.56 Å². The fourth-order valence-electron chi connectivity index (χ4n) is 1.93. The molecule has 0 bridgehead atoms. The minimum atomic E-state index is 0.706. The van der Waals surface area contributed by atoms with Crippen LogP contribution in [0.1, 0.15) is 16.0 Å². The van der Waals surface area contributed by atoms with E-state index in [2.05, 4.69) is 35.1 Å². The standard InChI is InChI=1S/C16H16N2S/c1-2-9-18(13-16-4-3-10-19-16)12-15-7-5-14(11-17)6-8-15/h2-8,10H,1,9,12-13H2. The highest BCUT2D eigenvalue weighted by Gasteiger charge is 2.06. The lowest BCUT2D eigenvalue weighted by atomic mass is 10.1. The molecule has 0 atom stereocenters. The molecule has 1 heterocycles. The van der Waals surface area contributed by atoms with Gasteiger partial charge in [-0.25, -0.2) is 0 Å². The smallest absolute Gasteiger partial charge is 0.0991 e. The first-order valence-corrected chi connectivity index (χ1v) is 7.04. The molecule has 19 heavy (non-hydrogen) atoms. The van der Waals surface area contributed by atoms with Gasteiger partial charge in [-0.2, -0.15) is 5.26 Å². The molecular formula is C16H16N2S. The van der Waals surface area contributed by atoms with Crippen molar-refractivity contribution in [2.45, 2.75) is 13.1 Å². The van der Waals surface area contributed by atoms with Gasteiger partial charge in [-0.05, 0) is 29.1 Å². The molecule has 0 aliphatic rings. The van der Waals surface area contributed by atoms with Crippen molar-refractivity contribution < 1.29 is 0 Å². The van der Waals surface area contributed by atoms with Gasteiger partial charge in [-0.3, -0.25) is 4.90 Å². The average molecular weight is 268 g/mol. The van der Waals surface area contributed by atoms with Crippen LogP contribution < -0.4 is 0 Å². The molecule has 0 saturated heterocycles. The second-order valence-electron chi connectivity index (χ2n) is 4.35. The van der Waals surface area contributed by atoms with Crippen molar-refractivity contribution in [3.63, 3.8) is 0 Å². The first-order chi connectivity index (χ1) is 9.31. The van der Waals surface area contributed by atoms with Crippen LogP contribution in [0.2, 0.25) is 0 Å². The van der Waals surface area contributed by atoms with E-state index in [-0.39, 0.29) is 0 Å². The highest BCUT2D eigenvalue weighted by atomic mass is 32.1. The third-order valence-corrected chi connectivity index (χ3v) is 3.70. The van der Waals surface area contributed by atoms with Gasteiger partial charge in [0, 0.05) is 24.5 Å². The lowest BCUT2D eigenvalue weighted by Gasteiger charge is -2.20. The van der Waals surface area contributed by atoms with Crippen LogP contribution in [0.25, 0.3) is 0 Å². The van der Waals surface area contributed by atoms with E-state index in [1.165, 1.54) is 10.4 Å². The van der Waals surface area contributed by atoms with Gasteiger partial charge in [0.1, 0.15) is 0 Å². The molecule has 0 spiro atoms. The molecule has 0 saturated carbocycles. The van der Waals surface area contributed by atoms with Crippen molar-refractivity contribution in [2.75, 3.05) is 6.54 Å². The summed E-state index contributed by atoms with van der Waals surface area (Å²) >= 11 is 1.77. The van der Waals surface area contributed by atoms with Gasteiger partial charge >= 0.3 is 0 Å². The molecule has 0 amide bonds. The third kappa shape index (κ3) is 4.06. The molecule has 2 nitrogen and oxygen atoms in total. The number of hydrogen-bond donors (Lipinski definition) is 0. The Bertz CT molecular complexity index is 549. The van der Waals surface area contributed by atoms with Gasteiger partial charge < -0.3 is 0 Å². The van der Waals surface area contributed by atoms with Crippen molar-refractivity contribution in [2.24, 2.45) is 0 Å². The highest BCUT2D eigenvalue weighted by molar-refractivity contribution is 7.09. The largest absolute Gasteiger partial charge is 0.290 e. The Labute approximate surface area is 118 Å². The first kappa shape index (κ1) is 13.5. The SMILES string of the molecule is C=CCN(Cc1ccc(C#N)cc1)Cc1cccs1. The van der Waals surface area contributed by atoms with Gasteiger partial charge in [0.2, 0.25) is 0 Å². The van der Waals surface area contributed by atoms with Crippen molar-refractivity contribution in [3.05, 3.63) is 70.4 Å².